The van der Waals surface area contributed by atoms with Crippen molar-refractivity contribution in [3.63, 3.8) is 0 Å². The van der Waals surface area contributed by atoms with Crippen LogP contribution in [0.3, 0.4) is 0 Å². The second-order valence-electron chi connectivity index (χ2n) is 5.83. The number of nitrogens with zero attached hydrogens (tertiary/aromatic N) is 1. The maximum absolute atomic E-state index is 11.9. The number of hydrogen-bond donors (Lipinski definition) is 2. The first-order valence-electron chi connectivity index (χ1n) is 7.24. The average Bonchev–Trinajstić information content (AvgIpc) is 2.71. The fraction of sp³-hybridized carbons (Fsp3) is 0.929. The van der Waals surface area contributed by atoms with E-state index in [1.165, 1.54) is 12.8 Å². The Hall–Kier alpha value is -0.610. The molecule has 0 saturated carbocycles. The summed E-state index contributed by atoms with van der Waals surface area (Å²) in [4.78, 5) is 14.3. The normalized spacial score (nSPS) is 23.9. The third-order valence-electron chi connectivity index (χ3n) is 3.93. The highest BCUT2D eigenvalue weighted by molar-refractivity contribution is 5.78. The lowest BCUT2D eigenvalue weighted by Gasteiger charge is -2.21. The summed E-state index contributed by atoms with van der Waals surface area (Å²) in [6, 6.07) is 0.776. The van der Waals surface area contributed by atoms with Crippen molar-refractivity contribution < 1.29 is 4.79 Å². The van der Waals surface area contributed by atoms with Crippen LogP contribution in [0.1, 0.15) is 46.0 Å². The minimum Gasteiger partial charge on any atom is -0.354 e. The van der Waals surface area contributed by atoms with Crippen LogP contribution in [0, 0.1) is 5.92 Å². The number of carbonyl (C=O) groups excluding carboxylic acids is 1. The molecule has 0 aromatic heterocycles. The predicted molar refractivity (Wildman–Crippen MR) is 75.3 cm³/mol. The molecular weight excluding hydrogens is 226 g/mol. The summed E-state index contributed by atoms with van der Waals surface area (Å²) in [5.74, 6) is 0.301. The molecule has 1 fully saturated rings. The summed E-state index contributed by atoms with van der Waals surface area (Å²) < 4.78 is 0. The number of rotatable bonds is 7. The van der Waals surface area contributed by atoms with Crippen molar-refractivity contribution in [3.8, 4) is 0 Å². The van der Waals surface area contributed by atoms with Crippen LogP contribution in [0.15, 0.2) is 0 Å². The van der Waals surface area contributed by atoms with Crippen LogP contribution in [0.2, 0.25) is 0 Å². The highest BCUT2D eigenvalue weighted by atomic mass is 16.1. The average molecular weight is 255 g/mol. The van der Waals surface area contributed by atoms with Gasteiger partial charge in [0.25, 0.3) is 0 Å². The molecule has 3 N–H and O–H groups in total. The molecule has 3 atom stereocenters. The molecule has 3 unspecified atom stereocenters. The molecule has 0 radical (unpaired) electrons. The summed E-state index contributed by atoms with van der Waals surface area (Å²) in [6.07, 6.45) is 5.43. The van der Waals surface area contributed by atoms with Gasteiger partial charge in [-0.3, -0.25) is 4.79 Å². The first kappa shape index (κ1) is 15.4. The molecule has 4 nitrogen and oxygen atoms in total. The Kier molecular flexibility index (Phi) is 6.65. The zero-order valence-electron chi connectivity index (χ0n) is 12.1. The van der Waals surface area contributed by atoms with Gasteiger partial charge in [-0.05, 0) is 46.2 Å². The third kappa shape index (κ3) is 5.36. The van der Waals surface area contributed by atoms with E-state index in [4.69, 9.17) is 5.73 Å². The second kappa shape index (κ2) is 7.74. The van der Waals surface area contributed by atoms with Crippen LogP contribution in [0.25, 0.3) is 0 Å². The molecule has 0 spiro atoms. The zero-order chi connectivity index (χ0) is 13.5. The van der Waals surface area contributed by atoms with E-state index < -0.39 is 0 Å². The van der Waals surface area contributed by atoms with Gasteiger partial charge in [0, 0.05) is 24.5 Å². The highest BCUT2D eigenvalue weighted by Crippen LogP contribution is 2.14. The molecule has 0 aromatic rings. The Morgan fingerprint density at radius 2 is 2.17 bits per heavy atom. The number of nitrogens with one attached hydrogen (secondary N) is 1. The minimum atomic E-state index is 0.107. The molecule has 106 valence electrons. The Bertz CT molecular complexity index is 255. The van der Waals surface area contributed by atoms with Crippen LogP contribution in [-0.2, 0) is 4.79 Å². The minimum absolute atomic E-state index is 0.107. The van der Waals surface area contributed by atoms with Gasteiger partial charge in [-0.2, -0.15) is 0 Å². The maximum atomic E-state index is 11.9. The van der Waals surface area contributed by atoms with E-state index in [1.807, 2.05) is 13.8 Å². The number of likely N-dealkylation sites (N-methyl/N-ethyl adjacent to an activating group) is 1. The van der Waals surface area contributed by atoms with E-state index in [2.05, 4.69) is 17.3 Å². The number of amides is 1. The highest BCUT2D eigenvalue weighted by Gasteiger charge is 2.22. The van der Waals surface area contributed by atoms with E-state index in [0.717, 1.165) is 32.4 Å². The fourth-order valence-electron chi connectivity index (χ4n) is 2.51. The van der Waals surface area contributed by atoms with Crippen molar-refractivity contribution >= 4 is 5.91 Å². The van der Waals surface area contributed by atoms with Crippen molar-refractivity contribution in [2.75, 3.05) is 20.1 Å². The topological polar surface area (TPSA) is 58.4 Å². The summed E-state index contributed by atoms with van der Waals surface area (Å²) in [6.45, 7) is 5.98. The smallest absolute Gasteiger partial charge is 0.222 e. The Morgan fingerprint density at radius 3 is 2.72 bits per heavy atom. The van der Waals surface area contributed by atoms with Crippen LogP contribution in [0.4, 0.5) is 0 Å². The monoisotopic (exact) mass is 255 g/mol. The first-order valence-corrected chi connectivity index (χ1v) is 7.24. The summed E-state index contributed by atoms with van der Waals surface area (Å²) in [5, 5.41) is 3.08. The van der Waals surface area contributed by atoms with Gasteiger partial charge in [0.15, 0.2) is 0 Å². The molecule has 0 aliphatic carbocycles. The molecule has 18 heavy (non-hydrogen) atoms. The van der Waals surface area contributed by atoms with Crippen LogP contribution < -0.4 is 11.1 Å². The van der Waals surface area contributed by atoms with E-state index in [-0.39, 0.29) is 17.9 Å². The molecule has 0 aromatic carbocycles. The Labute approximate surface area is 111 Å². The molecule has 1 aliphatic rings. The number of hydrogen-bond acceptors (Lipinski definition) is 3. The summed E-state index contributed by atoms with van der Waals surface area (Å²) >= 11 is 0. The van der Waals surface area contributed by atoms with E-state index in [1.54, 1.807) is 0 Å². The van der Waals surface area contributed by atoms with Crippen molar-refractivity contribution in [2.45, 2.75) is 58.0 Å². The molecule has 1 heterocycles. The molecule has 1 amide bonds. The molecule has 1 rings (SSSR count). The van der Waals surface area contributed by atoms with E-state index >= 15 is 0 Å². The predicted octanol–water partition coefficient (Wildman–Crippen LogP) is 1.35. The Morgan fingerprint density at radius 1 is 1.44 bits per heavy atom. The summed E-state index contributed by atoms with van der Waals surface area (Å²) in [5.41, 5.74) is 5.71. The van der Waals surface area contributed by atoms with Crippen molar-refractivity contribution in [3.05, 3.63) is 0 Å². The van der Waals surface area contributed by atoms with Crippen LogP contribution in [0.5, 0.6) is 0 Å². The van der Waals surface area contributed by atoms with Crippen molar-refractivity contribution in [1.29, 1.82) is 0 Å². The van der Waals surface area contributed by atoms with Gasteiger partial charge in [0.1, 0.15) is 0 Å². The standard InChI is InChI=1S/C14H29N3O/c1-11(6-4-7-12(2)15)14(18)16-10-13-8-5-9-17(13)3/h11-13H,4-10,15H2,1-3H3,(H,16,18). The van der Waals surface area contributed by atoms with E-state index in [0.29, 0.717) is 6.04 Å². The van der Waals surface area contributed by atoms with E-state index in [9.17, 15) is 4.79 Å². The quantitative estimate of drug-likeness (QED) is 0.722. The fourth-order valence-corrected chi connectivity index (χ4v) is 2.51. The lowest BCUT2D eigenvalue weighted by atomic mass is 10.0. The lowest BCUT2D eigenvalue weighted by molar-refractivity contribution is -0.124. The summed E-state index contributed by atoms with van der Waals surface area (Å²) in [7, 11) is 2.13. The zero-order valence-corrected chi connectivity index (χ0v) is 12.1. The number of nitrogens with two attached hydrogens (primary N) is 1. The van der Waals surface area contributed by atoms with Crippen LogP contribution in [-0.4, -0.2) is 43.0 Å². The molecule has 1 aliphatic heterocycles. The van der Waals surface area contributed by atoms with Gasteiger partial charge < -0.3 is 16.0 Å². The maximum Gasteiger partial charge on any atom is 0.222 e. The first-order chi connectivity index (χ1) is 8.50. The molecular formula is C14H29N3O. The van der Waals surface area contributed by atoms with Gasteiger partial charge in [-0.25, -0.2) is 0 Å². The second-order valence-corrected chi connectivity index (χ2v) is 5.83. The van der Waals surface area contributed by atoms with Gasteiger partial charge in [-0.15, -0.1) is 0 Å². The molecule has 1 saturated heterocycles. The largest absolute Gasteiger partial charge is 0.354 e. The number of likely N-dealkylation sites (tertiary alicyclic amines) is 1. The van der Waals surface area contributed by atoms with Gasteiger partial charge in [-0.1, -0.05) is 13.3 Å². The lowest BCUT2D eigenvalue weighted by Crippen LogP contribution is -2.40. The third-order valence-corrected chi connectivity index (χ3v) is 3.93. The SMILES string of the molecule is CC(N)CCCC(C)C(=O)NCC1CCCN1C. The van der Waals surface area contributed by atoms with Gasteiger partial charge in [0.2, 0.25) is 5.91 Å². The van der Waals surface area contributed by atoms with Crippen molar-refractivity contribution in [1.82, 2.24) is 10.2 Å². The van der Waals surface area contributed by atoms with Crippen molar-refractivity contribution in [2.24, 2.45) is 11.7 Å². The van der Waals surface area contributed by atoms with Gasteiger partial charge >= 0.3 is 0 Å². The Balaban J connectivity index is 2.15. The number of carbonyl (C=O) groups is 1. The molecule has 0 bridgehead atoms. The van der Waals surface area contributed by atoms with Gasteiger partial charge in [0.05, 0.1) is 0 Å². The van der Waals surface area contributed by atoms with Crippen LogP contribution >= 0.6 is 0 Å². The molecule has 4 heteroatoms.